The molecule has 0 unspecified atom stereocenters. The number of carbonyl (C=O) groups excluding carboxylic acids is 1. The van der Waals surface area contributed by atoms with Gasteiger partial charge >= 0.3 is 6.03 Å². The number of rotatable bonds is 18. The van der Waals surface area contributed by atoms with Crippen LogP contribution in [-0.4, -0.2) is 74.6 Å². The topological polar surface area (TPSA) is 171 Å². The van der Waals surface area contributed by atoms with Crippen LogP contribution < -0.4 is 16.0 Å². The fourth-order valence-corrected chi connectivity index (χ4v) is 3.40. The van der Waals surface area contributed by atoms with Crippen molar-refractivity contribution in [3.05, 3.63) is 52.2 Å². The van der Waals surface area contributed by atoms with Gasteiger partial charge in [0, 0.05) is 55.2 Å². The van der Waals surface area contributed by atoms with Gasteiger partial charge in [0.15, 0.2) is 0 Å². The molecule has 0 saturated heterocycles. The molecule has 0 aromatic heterocycles. The summed E-state index contributed by atoms with van der Waals surface area (Å²) in [7, 11) is 3.93. The number of hydrogen-bond acceptors (Lipinski definition) is 8. The number of likely N-dealkylation sites (N-methyl/N-ethyl adjacent to an activating group) is 1. The lowest BCUT2D eigenvalue weighted by Crippen LogP contribution is -2.45. The molecule has 0 fully saturated rings. The summed E-state index contributed by atoms with van der Waals surface area (Å²) in [6.07, 6.45) is 3.48. The van der Waals surface area contributed by atoms with E-state index in [1.165, 1.54) is 0 Å². The van der Waals surface area contributed by atoms with Crippen molar-refractivity contribution in [1.82, 2.24) is 20.9 Å². The van der Waals surface area contributed by atoms with E-state index in [4.69, 9.17) is 15.8 Å². The van der Waals surface area contributed by atoms with Gasteiger partial charge in [-0.2, -0.15) is 5.11 Å². The Hall–Kier alpha value is -3.34. The molecule has 0 heterocycles. The third kappa shape index (κ3) is 14.4. The molecule has 1 aromatic carbocycles. The van der Waals surface area contributed by atoms with Crippen LogP contribution in [0.1, 0.15) is 46.1 Å². The second kappa shape index (κ2) is 16.5. The van der Waals surface area contributed by atoms with Gasteiger partial charge in [-0.3, -0.25) is 0 Å². The minimum absolute atomic E-state index is 0.0946. The van der Waals surface area contributed by atoms with Crippen LogP contribution in [0.5, 0.6) is 5.75 Å². The average Bonchev–Trinajstić information content (AvgIpc) is 2.85. The van der Waals surface area contributed by atoms with Crippen LogP contribution in [0.25, 0.3) is 10.4 Å². The summed E-state index contributed by atoms with van der Waals surface area (Å²) < 4.78 is 6.04. The van der Waals surface area contributed by atoms with Gasteiger partial charge < -0.3 is 30.7 Å². The van der Waals surface area contributed by atoms with Crippen molar-refractivity contribution in [1.29, 1.82) is 5.53 Å². The molecule has 1 rings (SSSR count). The molecule has 5 N–H and O–H groups in total. The molecule has 0 spiro atoms. The third-order valence-corrected chi connectivity index (χ3v) is 6.03. The molecule has 0 aliphatic rings. The number of azide groups is 1. The maximum absolute atomic E-state index is 12.3. The lowest BCUT2D eigenvalue weighted by atomic mass is 9.94. The number of amides is 2. The Morgan fingerprint density at radius 1 is 1.24 bits per heavy atom. The Kier molecular flexibility index (Phi) is 14.2. The third-order valence-electron chi connectivity index (χ3n) is 6.03. The first-order chi connectivity index (χ1) is 17.9. The molecule has 2 amide bonds. The van der Waals surface area contributed by atoms with Gasteiger partial charge in [0.1, 0.15) is 5.75 Å². The van der Waals surface area contributed by atoms with Crippen molar-refractivity contribution in [3.63, 3.8) is 0 Å². The van der Waals surface area contributed by atoms with Crippen LogP contribution in [0.15, 0.2) is 46.4 Å². The molecule has 0 radical (unpaired) electrons. The van der Waals surface area contributed by atoms with Crippen LogP contribution in [0, 0.1) is 10.9 Å². The molecule has 1 atom stereocenters. The summed E-state index contributed by atoms with van der Waals surface area (Å²) in [5.41, 5.74) is 16.9. The molecule has 0 aliphatic heterocycles. The van der Waals surface area contributed by atoms with Gasteiger partial charge in [0.05, 0.1) is 17.9 Å². The molecule has 0 aliphatic carbocycles. The number of ether oxygens (including phenoxy) is 1. The van der Waals surface area contributed by atoms with Gasteiger partial charge in [-0.05, 0) is 64.0 Å². The molecule has 1 aromatic rings. The Bertz CT molecular complexity index is 940. The van der Waals surface area contributed by atoms with E-state index in [2.05, 4.69) is 49.8 Å². The number of nitrogens with zero attached hydrogens (tertiary/aromatic N) is 5. The van der Waals surface area contributed by atoms with Gasteiger partial charge in [-0.15, -0.1) is 0 Å². The predicted molar refractivity (Wildman–Crippen MR) is 149 cm³/mol. The molecular weight excluding hydrogens is 486 g/mol. The fraction of sp³-hybridized carbons (Fsp3) is 0.654. The fourth-order valence-electron chi connectivity index (χ4n) is 3.40. The molecule has 12 nitrogen and oxygen atoms in total. The van der Waals surface area contributed by atoms with Crippen LogP contribution in [0.2, 0.25) is 0 Å². The molecular formula is C26H45N9O3. The zero-order valence-electron chi connectivity index (χ0n) is 23.6. The quantitative estimate of drug-likeness (QED) is 0.106. The molecule has 212 valence electrons. The normalized spacial score (nSPS) is 13.0. The number of carbonyl (C=O) groups is 1. The van der Waals surface area contributed by atoms with Crippen molar-refractivity contribution in [3.8, 4) is 5.75 Å². The van der Waals surface area contributed by atoms with Crippen molar-refractivity contribution < 1.29 is 14.6 Å². The first kappa shape index (κ1) is 32.7. The van der Waals surface area contributed by atoms with Crippen LogP contribution in [-0.2, 0) is 11.2 Å². The largest absolute Gasteiger partial charge is 0.508 e. The predicted octanol–water partition coefficient (Wildman–Crippen LogP) is 4.54. The molecule has 0 bridgehead atoms. The number of benzene rings is 1. The summed E-state index contributed by atoms with van der Waals surface area (Å²) in [5, 5.41) is 25.5. The first-order valence-corrected chi connectivity index (χ1v) is 12.8. The van der Waals surface area contributed by atoms with Crippen LogP contribution in [0.3, 0.4) is 0 Å². The average molecular weight is 532 g/mol. The monoisotopic (exact) mass is 531 g/mol. The Morgan fingerprint density at radius 3 is 2.53 bits per heavy atom. The lowest BCUT2D eigenvalue weighted by Gasteiger charge is -2.31. The van der Waals surface area contributed by atoms with Gasteiger partial charge in [-0.25, -0.2) is 10.3 Å². The van der Waals surface area contributed by atoms with Gasteiger partial charge in [-0.1, -0.05) is 31.1 Å². The number of nitrogens with one attached hydrogen (secondary N) is 4. The zero-order chi connectivity index (χ0) is 28.6. The van der Waals surface area contributed by atoms with Crippen molar-refractivity contribution in [2.75, 3.05) is 46.9 Å². The smallest absolute Gasteiger partial charge is 0.314 e. The second-order valence-corrected chi connectivity index (χ2v) is 10.9. The second-order valence-electron chi connectivity index (χ2n) is 10.9. The molecule has 12 heteroatoms. The van der Waals surface area contributed by atoms with E-state index in [1.807, 2.05) is 40.1 Å². The Morgan fingerprint density at radius 2 is 1.92 bits per heavy atom. The molecule has 38 heavy (non-hydrogen) atoms. The van der Waals surface area contributed by atoms with Gasteiger partial charge in [0.25, 0.3) is 0 Å². The summed E-state index contributed by atoms with van der Waals surface area (Å²) in [5.74, 6) is 0.229. The number of phenols is 1. The van der Waals surface area contributed by atoms with Crippen LogP contribution in [0.4, 0.5) is 4.79 Å². The van der Waals surface area contributed by atoms with Crippen molar-refractivity contribution in [2.45, 2.75) is 58.6 Å². The summed E-state index contributed by atoms with van der Waals surface area (Å²) in [6.45, 7) is 10.4. The van der Waals surface area contributed by atoms with E-state index in [1.54, 1.807) is 18.3 Å². The summed E-state index contributed by atoms with van der Waals surface area (Å²) in [6, 6.07) is 6.89. The van der Waals surface area contributed by atoms with E-state index >= 15 is 0 Å². The lowest BCUT2D eigenvalue weighted by molar-refractivity contribution is -0.0566. The minimum Gasteiger partial charge on any atom is -0.508 e. The van der Waals surface area contributed by atoms with Gasteiger partial charge in [0.2, 0.25) is 0 Å². The number of urea groups is 1. The highest BCUT2D eigenvalue weighted by atomic mass is 16.5. The highest BCUT2D eigenvalue weighted by molar-refractivity contribution is 5.73. The SMILES string of the molecule is CN(C)[C@H](CNC(=O)NCC/C(=C/NCC(C)(C)COC(C)(C)CCN=[N+]=[N-])N=N)Cc1ccc(O)cc1. The van der Waals surface area contributed by atoms with Crippen molar-refractivity contribution in [2.24, 2.45) is 15.6 Å². The Labute approximate surface area is 226 Å². The Balaban J connectivity index is 2.40. The van der Waals surface area contributed by atoms with E-state index in [0.717, 1.165) is 12.0 Å². The van der Waals surface area contributed by atoms with E-state index in [-0.39, 0.29) is 23.2 Å². The number of phenolic OH excluding ortho intramolecular Hbond substituents is 1. The summed E-state index contributed by atoms with van der Waals surface area (Å²) >= 11 is 0. The van der Waals surface area contributed by atoms with Crippen molar-refractivity contribution >= 4 is 6.03 Å². The first-order valence-electron chi connectivity index (χ1n) is 12.8. The van der Waals surface area contributed by atoms with E-state index in [0.29, 0.717) is 51.3 Å². The highest BCUT2D eigenvalue weighted by Crippen LogP contribution is 2.22. The molecule has 0 saturated carbocycles. The zero-order valence-corrected chi connectivity index (χ0v) is 23.6. The maximum Gasteiger partial charge on any atom is 0.314 e. The maximum atomic E-state index is 12.3. The summed E-state index contributed by atoms with van der Waals surface area (Å²) in [4.78, 5) is 17.1. The van der Waals surface area contributed by atoms with E-state index in [9.17, 15) is 9.90 Å². The number of hydrogen-bond donors (Lipinski definition) is 5. The minimum atomic E-state index is -0.396. The standard InChI is InChI=1S/C26H45N9O3/c1-25(2,19-38-26(3,4)12-14-32-34-28)18-29-16-21(33-27)11-13-30-24(37)31-17-22(35(5)6)15-20-7-9-23(36)10-8-20/h7-10,16,22,27,29,36H,11-15,17-19H2,1-6H3,(H2,30,31,37)/b21-16-,33-27?/t22-/m0/s1. The van der Waals surface area contributed by atoms with E-state index < -0.39 is 5.60 Å². The highest BCUT2D eigenvalue weighted by Gasteiger charge is 2.24. The van der Waals surface area contributed by atoms with Crippen LogP contribution >= 0.6 is 0 Å². The number of aromatic hydroxyl groups is 1.